The van der Waals surface area contributed by atoms with Gasteiger partial charge in [-0.3, -0.25) is 4.79 Å². The van der Waals surface area contributed by atoms with Gasteiger partial charge in [-0.05, 0) is 72.2 Å². The third-order valence-corrected chi connectivity index (χ3v) is 9.71. The van der Waals surface area contributed by atoms with Crippen LogP contribution in [0.3, 0.4) is 0 Å². The Morgan fingerprint density at radius 3 is 1.39 bits per heavy atom. The first-order valence-corrected chi connectivity index (χ1v) is 17.1. The average Bonchev–Trinajstić information content (AvgIpc) is 3.53. The maximum absolute atomic E-state index is 14.1. The van der Waals surface area contributed by atoms with E-state index in [0.29, 0.717) is 6.54 Å². The van der Waals surface area contributed by atoms with Crippen LogP contribution >= 0.6 is 0 Å². The van der Waals surface area contributed by atoms with Crippen molar-refractivity contribution in [3.63, 3.8) is 0 Å². The van der Waals surface area contributed by atoms with Crippen LogP contribution in [0.4, 0.5) is 11.4 Å². The lowest BCUT2D eigenvalue weighted by Crippen LogP contribution is -2.34. The van der Waals surface area contributed by atoms with Gasteiger partial charge >= 0.3 is 0 Å². The number of nitrogens with zero attached hydrogens (tertiary/aromatic N) is 2. The molecule has 6 nitrogen and oxygen atoms in total. The van der Waals surface area contributed by atoms with Crippen LogP contribution in [-0.2, 0) is 4.79 Å². The first-order valence-electron chi connectivity index (χ1n) is 17.1. The molecular formula is C40H47N3O3. The van der Waals surface area contributed by atoms with Crippen molar-refractivity contribution in [3.8, 4) is 11.5 Å². The van der Waals surface area contributed by atoms with Gasteiger partial charge in [0.15, 0.2) is 0 Å². The van der Waals surface area contributed by atoms with Crippen molar-refractivity contribution in [2.75, 3.05) is 42.5 Å². The van der Waals surface area contributed by atoms with Crippen molar-refractivity contribution in [1.82, 2.24) is 5.32 Å². The number of phenolic OH excluding ortho intramolecular Hbond substituents is 2. The van der Waals surface area contributed by atoms with E-state index in [1.54, 1.807) is 12.1 Å². The van der Waals surface area contributed by atoms with Crippen LogP contribution in [0.2, 0.25) is 0 Å². The van der Waals surface area contributed by atoms with Crippen molar-refractivity contribution in [2.24, 2.45) is 0 Å². The Kier molecular flexibility index (Phi) is 10.4. The molecule has 3 N–H and O–H groups in total. The molecule has 4 aromatic carbocycles. The Labute approximate surface area is 273 Å². The van der Waals surface area contributed by atoms with E-state index in [1.165, 1.54) is 25.7 Å². The molecule has 6 rings (SSSR count). The second-order valence-electron chi connectivity index (χ2n) is 12.9. The number of carbonyl (C=O) groups excluding carboxylic acids is 1. The first kappa shape index (κ1) is 31.5. The van der Waals surface area contributed by atoms with Crippen molar-refractivity contribution in [1.29, 1.82) is 0 Å². The second kappa shape index (κ2) is 15.2. The van der Waals surface area contributed by atoms with Crippen LogP contribution in [0, 0.1) is 0 Å². The number of rotatable bonds is 9. The van der Waals surface area contributed by atoms with Gasteiger partial charge < -0.3 is 25.3 Å². The monoisotopic (exact) mass is 617 g/mol. The van der Waals surface area contributed by atoms with Crippen LogP contribution in [0.5, 0.6) is 11.5 Å². The van der Waals surface area contributed by atoms with Crippen molar-refractivity contribution >= 4 is 17.3 Å². The number of anilines is 2. The molecule has 4 aromatic rings. The van der Waals surface area contributed by atoms with Crippen LogP contribution < -0.4 is 15.1 Å². The topological polar surface area (TPSA) is 76.0 Å². The smallest absolute Gasteiger partial charge is 0.232 e. The predicted octanol–water partition coefficient (Wildman–Crippen LogP) is 7.94. The van der Waals surface area contributed by atoms with Gasteiger partial charge in [0.1, 0.15) is 11.5 Å². The summed E-state index contributed by atoms with van der Waals surface area (Å²) in [7, 11) is 0. The summed E-state index contributed by atoms with van der Waals surface area (Å²) in [6.45, 7) is 4.07. The minimum absolute atomic E-state index is 0.0551. The second-order valence-corrected chi connectivity index (χ2v) is 12.9. The minimum Gasteiger partial charge on any atom is -0.506 e. The van der Waals surface area contributed by atoms with Gasteiger partial charge in [0, 0.05) is 38.6 Å². The molecule has 0 atom stereocenters. The van der Waals surface area contributed by atoms with E-state index in [9.17, 15) is 15.0 Å². The summed E-state index contributed by atoms with van der Waals surface area (Å²) in [6.07, 6.45) is 9.29. The Balaban J connectivity index is 1.36. The normalized spacial score (nSPS) is 15.9. The van der Waals surface area contributed by atoms with Crippen LogP contribution in [0.1, 0.15) is 85.5 Å². The molecule has 0 bridgehead atoms. The molecule has 46 heavy (non-hydrogen) atoms. The number of phenols is 2. The standard InChI is InChI=1S/C40H47N3O3/c44-37-21-19-32(27-35(37)42-23-11-1-2-12-24-42)34(33-20-22-38(45)36(28-33)43-25-13-3-4-14-26-43)29-41-40(46)39(30-15-7-5-8-16-30)31-17-9-6-10-18-31/h5-10,15-22,27-28,34,39,44-45H,1-4,11-14,23-26,29H2,(H,41,46). The third-order valence-electron chi connectivity index (χ3n) is 9.71. The van der Waals surface area contributed by atoms with Gasteiger partial charge in [-0.2, -0.15) is 0 Å². The minimum atomic E-state index is -0.442. The maximum Gasteiger partial charge on any atom is 0.232 e. The molecule has 2 fully saturated rings. The molecule has 0 spiro atoms. The highest BCUT2D eigenvalue weighted by molar-refractivity contribution is 5.87. The van der Waals surface area contributed by atoms with Gasteiger partial charge in [0.05, 0.1) is 17.3 Å². The van der Waals surface area contributed by atoms with Gasteiger partial charge in [0.25, 0.3) is 0 Å². The number of hydrogen-bond donors (Lipinski definition) is 3. The summed E-state index contributed by atoms with van der Waals surface area (Å²) in [5.41, 5.74) is 5.66. The molecule has 0 aromatic heterocycles. The number of benzene rings is 4. The van der Waals surface area contributed by atoms with Crippen LogP contribution in [0.15, 0.2) is 97.1 Å². The molecule has 6 heteroatoms. The Bertz CT molecular complexity index is 1450. The number of nitrogens with one attached hydrogen (secondary N) is 1. The van der Waals surface area contributed by atoms with E-state index < -0.39 is 5.92 Å². The largest absolute Gasteiger partial charge is 0.506 e. The summed E-state index contributed by atoms with van der Waals surface area (Å²) in [5, 5.41) is 25.3. The predicted molar refractivity (Wildman–Crippen MR) is 187 cm³/mol. The molecule has 2 aliphatic rings. The van der Waals surface area contributed by atoms with Crippen molar-refractivity contribution < 1.29 is 15.0 Å². The fraction of sp³-hybridized carbons (Fsp3) is 0.375. The number of hydrogen-bond acceptors (Lipinski definition) is 5. The quantitative estimate of drug-likeness (QED) is 0.178. The number of amides is 1. The zero-order valence-corrected chi connectivity index (χ0v) is 26.8. The van der Waals surface area contributed by atoms with Gasteiger partial charge in [-0.25, -0.2) is 0 Å². The zero-order valence-electron chi connectivity index (χ0n) is 26.8. The number of carbonyl (C=O) groups is 1. The highest BCUT2D eigenvalue weighted by Crippen LogP contribution is 2.38. The Morgan fingerprint density at radius 2 is 0.978 bits per heavy atom. The van der Waals surface area contributed by atoms with Crippen LogP contribution in [0.25, 0.3) is 0 Å². The SMILES string of the molecule is O=C(NCC(c1ccc(O)c(N2CCCCCC2)c1)c1ccc(O)c(N2CCCCCC2)c1)C(c1ccccc1)c1ccccc1. The van der Waals surface area contributed by atoms with E-state index in [4.69, 9.17) is 0 Å². The van der Waals surface area contributed by atoms with E-state index in [2.05, 4.69) is 27.2 Å². The lowest BCUT2D eigenvalue weighted by molar-refractivity contribution is -0.121. The zero-order chi connectivity index (χ0) is 31.7. The number of aromatic hydroxyl groups is 2. The summed E-state index contributed by atoms with van der Waals surface area (Å²) in [4.78, 5) is 18.7. The Hall–Kier alpha value is -4.45. The van der Waals surface area contributed by atoms with E-state index >= 15 is 0 Å². The molecule has 0 radical (unpaired) electrons. The van der Waals surface area contributed by atoms with Gasteiger partial charge in [-0.15, -0.1) is 0 Å². The highest BCUT2D eigenvalue weighted by atomic mass is 16.3. The van der Waals surface area contributed by atoms with Crippen molar-refractivity contribution in [2.45, 2.75) is 63.2 Å². The molecule has 0 unspecified atom stereocenters. The molecule has 2 aliphatic heterocycles. The molecule has 1 amide bonds. The molecular weight excluding hydrogens is 570 g/mol. The van der Waals surface area contributed by atoms with E-state index in [-0.39, 0.29) is 23.3 Å². The summed E-state index contributed by atoms with van der Waals surface area (Å²) in [6, 6.07) is 31.7. The third kappa shape index (κ3) is 7.50. The van der Waals surface area contributed by atoms with Crippen LogP contribution in [-0.4, -0.2) is 48.8 Å². The fourth-order valence-corrected chi connectivity index (χ4v) is 7.16. The summed E-state index contributed by atoms with van der Waals surface area (Å²) >= 11 is 0. The van der Waals surface area contributed by atoms with Gasteiger partial charge in [0.2, 0.25) is 5.91 Å². The highest BCUT2D eigenvalue weighted by Gasteiger charge is 2.26. The van der Waals surface area contributed by atoms with E-state index in [1.807, 2.05) is 72.8 Å². The Morgan fingerprint density at radius 1 is 0.565 bits per heavy atom. The van der Waals surface area contributed by atoms with E-state index in [0.717, 1.165) is 85.5 Å². The summed E-state index contributed by atoms with van der Waals surface area (Å²) < 4.78 is 0. The fourth-order valence-electron chi connectivity index (χ4n) is 7.16. The lowest BCUT2D eigenvalue weighted by atomic mass is 9.88. The molecule has 0 aliphatic carbocycles. The lowest BCUT2D eigenvalue weighted by Gasteiger charge is -2.28. The maximum atomic E-state index is 14.1. The average molecular weight is 618 g/mol. The molecule has 2 saturated heterocycles. The summed E-state index contributed by atoms with van der Waals surface area (Å²) in [5.74, 6) is -0.104. The first-order chi connectivity index (χ1) is 22.6. The van der Waals surface area contributed by atoms with Crippen molar-refractivity contribution in [3.05, 3.63) is 119 Å². The molecule has 0 saturated carbocycles. The molecule has 2 heterocycles. The molecule has 240 valence electrons. The van der Waals surface area contributed by atoms with Gasteiger partial charge in [-0.1, -0.05) is 98.5 Å².